The number of carboxylic acids is 2. The minimum Gasteiger partial charge on any atom is -0.481 e. The maximum Gasteiger partial charge on any atom is 0.309 e. The molecule has 0 heterocycles. The number of nitrogens with two attached hydrogens (primary N) is 1. The van der Waals surface area contributed by atoms with Crippen LogP contribution in [0.15, 0.2) is 70.8 Å². The molecule has 0 unspecified atom stereocenters. The Bertz CT molecular complexity index is 3680. The van der Waals surface area contributed by atoms with Gasteiger partial charge in [-0.25, -0.2) is 0 Å². The van der Waals surface area contributed by atoms with Gasteiger partial charge in [0.25, 0.3) is 0 Å². The van der Waals surface area contributed by atoms with Crippen molar-refractivity contribution in [3.05, 3.63) is 92.0 Å². The summed E-state index contributed by atoms with van der Waals surface area (Å²) in [5, 5.41) is 24.2. The van der Waals surface area contributed by atoms with E-state index in [-0.39, 0.29) is 91.0 Å². The van der Waals surface area contributed by atoms with Crippen LogP contribution in [0.1, 0.15) is 282 Å². The normalized spacial score (nSPS) is 36.9. The molecule has 103 heavy (non-hydrogen) atoms. The molecule has 15 heteroatoms. The number of carbonyl (C=O) groups is 7. The number of halogens is 2. The van der Waals surface area contributed by atoms with E-state index in [1.807, 2.05) is 18.2 Å². The third-order valence-electron chi connectivity index (χ3n) is 31.5. The highest BCUT2D eigenvalue weighted by Crippen LogP contribution is 2.79. The number of carboxylic acid groups (broad SMARTS) is 2. The number of allylic oxidation sites excluding steroid dienone is 4. The Hall–Kier alpha value is -4.69. The van der Waals surface area contributed by atoms with Gasteiger partial charge < -0.3 is 30.7 Å². The molecule has 0 saturated heterocycles. The first kappa shape index (κ1) is 80.8. The van der Waals surface area contributed by atoms with Crippen molar-refractivity contribution in [3.8, 4) is 0 Å². The zero-order chi connectivity index (χ0) is 76.0. The zero-order valence-corrected chi connectivity index (χ0v) is 67.6. The van der Waals surface area contributed by atoms with E-state index in [0.717, 1.165) is 138 Å². The summed E-state index contributed by atoms with van der Waals surface area (Å²) in [5.74, 6) is 1.34. The Balaban J connectivity index is 0.000000199. The predicted molar refractivity (Wildman–Crippen MR) is 409 cm³/mol. The van der Waals surface area contributed by atoms with Gasteiger partial charge in [-0.3, -0.25) is 33.6 Å². The Labute approximate surface area is 627 Å². The molecular weight excluding hydrogens is 1330 g/mol. The molecule has 8 fully saturated rings. The van der Waals surface area contributed by atoms with Crippen LogP contribution in [0, 0.1) is 112 Å². The number of benzene rings is 2. The highest BCUT2D eigenvalue weighted by atomic mass is 35.5. The van der Waals surface area contributed by atoms with Crippen molar-refractivity contribution >= 4 is 64.9 Å². The molecule has 2 aromatic carbocycles. The molecule has 13 nitrogen and oxygen atoms in total. The zero-order valence-electron chi connectivity index (χ0n) is 66.0. The molecule has 16 atom stereocenters. The fourth-order valence-electron chi connectivity index (χ4n) is 25.8. The van der Waals surface area contributed by atoms with Crippen LogP contribution in [0.4, 0.5) is 0 Å². The van der Waals surface area contributed by atoms with Crippen LogP contribution in [-0.2, 0) is 44.8 Å². The van der Waals surface area contributed by atoms with E-state index < -0.39 is 34.7 Å². The van der Waals surface area contributed by atoms with Crippen LogP contribution in [0.25, 0.3) is 0 Å². The molecule has 5 N–H and O–H groups in total. The fourth-order valence-corrected chi connectivity index (χ4v) is 26.2. The Morgan fingerprint density at radius 2 is 0.971 bits per heavy atom. The van der Waals surface area contributed by atoms with Gasteiger partial charge in [-0.05, 0) is 277 Å². The topological polar surface area (TPSA) is 216 Å². The lowest BCUT2D eigenvalue weighted by Gasteiger charge is -2.72. The van der Waals surface area contributed by atoms with Crippen molar-refractivity contribution in [1.82, 2.24) is 5.32 Å². The van der Waals surface area contributed by atoms with Crippen LogP contribution in [0.5, 0.6) is 0 Å². The average molecular weight is 1460 g/mol. The number of ketones is 2. The van der Waals surface area contributed by atoms with Gasteiger partial charge in [0.15, 0.2) is 11.6 Å². The number of nitrogens with one attached hydrogen (secondary N) is 1. The number of hydrogen-bond donors (Lipinski definition) is 4. The molecule has 8 saturated carbocycles. The molecule has 2 aromatic rings. The molecule has 0 radical (unpaired) electrons. The molecular formula is C88H128Cl2N2O11. The first-order chi connectivity index (χ1) is 47.8. The number of Topliss-reactive ketones (excluding diaryl/α,β-unsaturated/α-hetero) is 2. The van der Waals surface area contributed by atoms with Crippen LogP contribution in [-0.4, -0.2) is 77.2 Å². The summed E-state index contributed by atoms with van der Waals surface area (Å²) < 4.78 is 12.3. The van der Waals surface area contributed by atoms with Crippen LogP contribution >= 0.6 is 23.2 Å². The van der Waals surface area contributed by atoms with Gasteiger partial charge in [0, 0.05) is 56.7 Å². The predicted octanol–water partition coefficient (Wildman–Crippen LogP) is 20.1. The van der Waals surface area contributed by atoms with Gasteiger partial charge in [-0.15, -0.1) is 0 Å². The highest BCUT2D eigenvalue weighted by molar-refractivity contribution is 6.31. The quantitative estimate of drug-likeness (QED) is 0.0621. The third-order valence-corrected chi connectivity index (χ3v) is 32.0. The molecule has 10 aliphatic carbocycles. The summed E-state index contributed by atoms with van der Waals surface area (Å²) >= 11 is 11.8. The van der Waals surface area contributed by atoms with Crippen LogP contribution in [0.3, 0.4) is 0 Å². The Morgan fingerprint density at radius 1 is 0.553 bits per heavy atom. The first-order valence-corrected chi connectivity index (χ1v) is 40.4. The SMILES string of the molecule is CC(C)C1=C2[C@H]3CC[C@@H]4[C@@]5(C)CC[C@H](OC(=O)CC(C)(C)C(=O)O)C(C)(C)[C@@H]5CC[C@@]4(C)[C@]3(C)CC[C@@]2(CCN)CC1=O.CC(C)C1=C2[C@H]3CC[C@@H]4[C@@]5(C)CC[C@H](OC(=O)CC(C)(C)C(=O)O)C(C)(C)[C@@H]5CC[C@@]4(C)[C@]3(C)CC[C@@]2(CCNCc2cccc(Cl)c2)CC1=O.O=Cc1cccc(Cl)c1. The molecule has 0 bridgehead atoms. The largest absolute Gasteiger partial charge is 0.481 e. The third kappa shape index (κ3) is 14.0. The second-order valence-corrected chi connectivity index (χ2v) is 40.0. The van der Waals surface area contributed by atoms with Gasteiger partial charge >= 0.3 is 23.9 Å². The monoisotopic (exact) mass is 1460 g/mol. The van der Waals surface area contributed by atoms with Crippen LogP contribution < -0.4 is 11.1 Å². The van der Waals surface area contributed by atoms with E-state index in [1.54, 1.807) is 52.0 Å². The van der Waals surface area contributed by atoms with E-state index in [0.29, 0.717) is 77.0 Å². The van der Waals surface area contributed by atoms with Gasteiger partial charge in [0.2, 0.25) is 0 Å². The molecule has 0 aromatic heterocycles. The maximum atomic E-state index is 14.0. The first-order valence-electron chi connectivity index (χ1n) is 39.6. The second kappa shape index (κ2) is 29.0. The minimum absolute atomic E-state index is 0.0287. The van der Waals surface area contributed by atoms with Gasteiger partial charge in [0.1, 0.15) is 18.5 Å². The molecule has 0 amide bonds. The van der Waals surface area contributed by atoms with Gasteiger partial charge in [0.05, 0.1) is 23.7 Å². The Kier molecular flexibility index (Phi) is 22.8. The molecule has 0 spiro atoms. The Morgan fingerprint density at radius 3 is 1.35 bits per heavy atom. The van der Waals surface area contributed by atoms with Crippen molar-refractivity contribution in [3.63, 3.8) is 0 Å². The number of ether oxygens (including phenoxy) is 2. The van der Waals surface area contributed by atoms with Gasteiger partial charge in [-0.1, -0.05) is 156 Å². The summed E-state index contributed by atoms with van der Waals surface area (Å²) in [5.41, 5.74) is 11.4. The highest BCUT2D eigenvalue weighted by Gasteiger charge is 2.73. The molecule has 0 aliphatic heterocycles. The lowest BCUT2D eigenvalue weighted by Crippen LogP contribution is -2.65. The number of esters is 2. The number of fused-ring (bicyclic) bond motifs is 14. The smallest absolute Gasteiger partial charge is 0.309 e. The van der Waals surface area contributed by atoms with Crippen molar-refractivity contribution < 1.29 is 53.2 Å². The number of carbonyl (C=O) groups excluding carboxylic acids is 5. The summed E-state index contributed by atoms with van der Waals surface area (Å²) in [7, 11) is 0. The number of aldehydes is 1. The lowest BCUT2D eigenvalue weighted by molar-refractivity contribution is -0.233. The van der Waals surface area contributed by atoms with E-state index in [2.05, 4.69) is 108 Å². The maximum absolute atomic E-state index is 14.0. The standard InChI is InChI=1S/C44H64ClNO5.C37H59NO5.C7H5ClO/c1-27(2)36-31(47)24-44(21-22-46-26-28-11-10-12-29(45)23-28)20-19-42(8)30(37(36)44)13-14-33-41(7)17-16-34(51-35(48)25-39(3,4)38(49)50)40(5,6)32(41)15-18-43(33,42)9;1-22(2)29-24(39)20-37(18-19-38)17-16-35(8)23(30(29)37)10-11-26-34(7)14-13-27(43-28(40)21-32(3,4)31(41)42)33(5,6)25(34)12-15-36(26,35)9;8-7-3-1-2-6(4-7)5-9/h10-12,23,27,30,32-34,46H,13-22,24-26H2,1-9H3,(H,49,50);22-23,25-27H,10-21,38H2,1-9H3,(H,41,42);1-5H/t30-,32+,33-,34+,41+,42-,43-,44-;23-,25+,26-,27+,34+,35-,36-,37-;/m11./s1. The van der Waals surface area contributed by atoms with Crippen molar-refractivity contribution in [2.24, 2.45) is 118 Å². The van der Waals surface area contributed by atoms with Crippen molar-refractivity contribution in [1.29, 1.82) is 0 Å². The van der Waals surface area contributed by atoms with E-state index in [9.17, 15) is 43.8 Å². The summed E-state index contributed by atoms with van der Waals surface area (Å²) in [6.45, 7) is 42.2. The molecule has 570 valence electrons. The second-order valence-electron chi connectivity index (χ2n) is 39.1. The lowest BCUT2D eigenvalue weighted by atomic mass is 9.33. The minimum atomic E-state index is -1.15. The summed E-state index contributed by atoms with van der Waals surface area (Å²) in [4.78, 5) is 87.1. The van der Waals surface area contributed by atoms with E-state index >= 15 is 0 Å². The molecule has 10 aliphatic rings. The van der Waals surface area contributed by atoms with E-state index in [1.165, 1.54) is 29.6 Å². The van der Waals surface area contributed by atoms with Crippen LogP contribution in [0.2, 0.25) is 10.0 Å². The van der Waals surface area contributed by atoms with Crippen molar-refractivity contribution in [2.45, 2.75) is 285 Å². The number of rotatable bonds is 18. The molecule has 12 rings (SSSR count). The number of hydrogen-bond acceptors (Lipinski definition) is 11. The van der Waals surface area contributed by atoms with E-state index in [4.69, 9.17) is 38.4 Å². The summed E-state index contributed by atoms with van der Waals surface area (Å²) in [6.07, 6.45) is 20.7. The van der Waals surface area contributed by atoms with Crippen molar-refractivity contribution in [2.75, 3.05) is 13.1 Å². The van der Waals surface area contributed by atoms with Gasteiger partial charge in [-0.2, -0.15) is 0 Å². The number of aliphatic carboxylic acids is 2. The average Bonchev–Trinajstić information content (AvgIpc) is 1.65. The fraction of sp³-hybridized carbons (Fsp3) is 0.739. The summed E-state index contributed by atoms with van der Waals surface area (Å²) in [6, 6.07) is 14.9.